The van der Waals surface area contributed by atoms with E-state index in [4.69, 9.17) is 0 Å². The van der Waals surface area contributed by atoms with Crippen LogP contribution >= 0.6 is 12.4 Å². The van der Waals surface area contributed by atoms with Crippen LogP contribution in [0.1, 0.15) is 26.2 Å². The Kier molecular flexibility index (Phi) is 7.47. The van der Waals surface area contributed by atoms with Crippen LogP contribution in [0.15, 0.2) is 29.2 Å². The predicted octanol–water partition coefficient (Wildman–Crippen LogP) is 1.26. The fourth-order valence-corrected chi connectivity index (χ4v) is 2.70. The first kappa shape index (κ1) is 17.7. The summed E-state index contributed by atoms with van der Waals surface area (Å²) >= 11 is 0. The zero-order valence-corrected chi connectivity index (χ0v) is 13.3. The largest absolute Gasteiger partial charge is 0.338 e. The Morgan fingerprint density at radius 1 is 1.38 bits per heavy atom. The van der Waals surface area contributed by atoms with E-state index >= 15 is 0 Å². The predicted molar refractivity (Wildman–Crippen MR) is 85.8 cm³/mol. The highest BCUT2D eigenvalue weighted by Gasteiger charge is 2.24. The third kappa shape index (κ3) is 4.86. The number of nitrogens with one attached hydrogen (secondary N) is 1. The summed E-state index contributed by atoms with van der Waals surface area (Å²) in [5, 5.41) is 3.32. The Morgan fingerprint density at radius 3 is 2.71 bits per heavy atom. The van der Waals surface area contributed by atoms with Gasteiger partial charge in [-0.2, -0.15) is 0 Å². The molecule has 1 amide bonds. The van der Waals surface area contributed by atoms with Crippen molar-refractivity contribution in [1.82, 2.24) is 14.8 Å². The fraction of sp³-hybridized carbons (Fsp3) is 0.600. The zero-order valence-electron chi connectivity index (χ0n) is 12.5. The van der Waals surface area contributed by atoms with Crippen LogP contribution in [-0.4, -0.2) is 41.1 Å². The molecule has 0 radical (unpaired) electrons. The van der Waals surface area contributed by atoms with E-state index in [2.05, 4.69) is 12.2 Å². The van der Waals surface area contributed by atoms with Gasteiger partial charge in [0.1, 0.15) is 6.54 Å². The normalized spacial score (nSPS) is 15.3. The van der Waals surface area contributed by atoms with Gasteiger partial charge in [0.15, 0.2) is 0 Å². The molecular formula is C15H24ClN3O2. The number of nitrogens with zero attached hydrogens (tertiary/aromatic N) is 2. The Labute approximate surface area is 131 Å². The van der Waals surface area contributed by atoms with Gasteiger partial charge in [0.2, 0.25) is 5.91 Å². The molecule has 1 aliphatic heterocycles. The van der Waals surface area contributed by atoms with Crippen LogP contribution in [0, 0.1) is 0 Å². The minimum absolute atomic E-state index is 0. The number of rotatable bonds is 5. The molecule has 1 aromatic heterocycles. The standard InChI is InChI=1S/C15H23N3O2.ClH/c1-2-10-18(13-6-8-16-9-7-13)15(20)12-17-11-4-3-5-14(17)19;/h3-5,11,13,16H,2,6-10,12H2,1H3;1H. The minimum atomic E-state index is -0.123. The van der Waals surface area contributed by atoms with Crippen molar-refractivity contribution in [2.24, 2.45) is 0 Å². The topological polar surface area (TPSA) is 54.3 Å². The van der Waals surface area contributed by atoms with Crippen molar-refractivity contribution in [3.8, 4) is 0 Å². The molecular weight excluding hydrogens is 290 g/mol. The second kappa shape index (κ2) is 8.85. The van der Waals surface area contributed by atoms with Gasteiger partial charge >= 0.3 is 0 Å². The number of aromatic nitrogens is 1. The van der Waals surface area contributed by atoms with Gasteiger partial charge in [0.25, 0.3) is 5.56 Å². The highest BCUT2D eigenvalue weighted by molar-refractivity contribution is 5.85. The summed E-state index contributed by atoms with van der Waals surface area (Å²) in [4.78, 5) is 26.2. The molecule has 1 fully saturated rings. The van der Waals surface area contributed by atoms with Crippen LogP contribution in [-0.2, 0) is 11.3 Å². The van der Waals surface area contributed by atoms with Crippen LogP contribution in [0.3, 0.4) is 0 Å². The number of piperidine rings is 1. The van der Waals surface area contributed by atoms with E-state index in [1.165, 1.54) is 10.6 Å². The monoisotopic (exact) mass is 313 g/mol. The van der Waals surface area contributed by atoms with Crippen molar-refractivity contribution in [3.63, 3.8) is 0 Å². The summed E-state index contributed by atoms with van der Waals surface area (Å²) in [6.45, 7) is 4.91. The Hall–Kier alpha value is -1.33. The molecule has 0 bridgehead atoms. The van der Waals surface area contributed by atoms with E-state index in [1.54, 1.807) is 18.3 Å². The second-order valence-electron chi connectivity index (χ2n) is 5.24. The molecule has 0 saturated carbocycles. The van der Waals surface area contributed by atoms with Gasteiger partial charge in [-0.05, 0) is 38.4 Å². The molecule has 0 spiro atoms. The molecule has 0 aromatic carbocycles. The van der Waals surface area contributed by atoms with Gasteiger partial charge in [-0.3, -0.25) is 9.59 Å². The molecule has 1 aliphatic rings. The van der Waals surface area contributed by atoms with Crippen LogP contribution < -0.4 is 10.9 Å². The average molecular weight is 314 g/mol. The maximum absolute atomic E-state index is 12.5. The first-order chi connectivity index (χ1) is 9.72. The second-order valence-corrected chi connectivity index (χ2v) is 5.24. The van der Waals surface area contributed by atoms with Gasteiger partial charge < -0.3 is 14.8 Å². The minimum Gasteiger partial charge on any atom is -0.338 e. The molecule has 118 valence electrons. The number of hydrogen-bond donors (Lipinski definition) is 1. The lowest BCUT2D eigenvalue weighted by Gasteiger charge is -2.34. The average Bonchev–Trinajstić information content (AvgIpc) is 2.48. The molecule has 6 heteroatoms. The zero-order chi connectivity index (χ0) is 14.4. The van der Waals surface area contributed by atoms with E-state index in [0.717, 1.165) is 38.9 Å². The lowest BCUT2D eigenvalue weighted by atomic mass is 10.0. The van der Waals surface area contributed by atoms with E-state index in [9.17, 15) is 9.59 Å². The van der Waals surface area contributed by atoms with Gasteiger partial charge in [-0.15, -0.1) is 12.4 Å². The molecule has 5 nitrogen and oxygen atoms in total. The third-order valence-electron chi connectivity index (χ3n) is 3.74. The Morgan fingerprint density at radius 2 is 2.10 bits per heavy atom. The first-order valence-corrected chi connectivity index (χ1v) is 7.38. The Balaban J connectivity index is 0.00000220. The summed E-state index contributed by atoms with van der Waals surface area (Å²) in [6.07, 6.45) is 4.61. The summed E-state index contributed by atoms with van der Waals surface area (Å²) in [7, 11) is 0. The molecule has 1 saturated heterocycles. The highest BCUT2D eigenvalue weighted by atomic mass is 35.5. The molecule has 2 rings (SSSR count). The number of carbonyl (C=O) groups is 1. The van der Waals surface area contributed by atoms with Crippen molar-refractivity contribution >= 4 is 18.3 Å². The molecule has 0 aliphatic carbocycles. The van der Waals surface area contributed by atoms with Crippen molar-refractivity contribution in [3.05, 3.63) is 34.7 Å². The lowest BCUT2D eigenvalue weighted by molar-refractivity contribution is -0.134. The van der Waals surface area contributed by atoms with E-state index < -0.39 is 0 Å². The molecule has 1 N–H and O–H groups in total. The van der Waals surface area contributed by atoms with Crippen LogP contribution in [0.5, 0.6) is 0 Å². The van der Waals surface area contributed by atoms with Crippen LogP contribution in [0.4, 0.5) is 0 Å². The number of amides is 1. The van der Waals surface area contributed by atoms with Crippen molar-refractivity contribution in [2.45, 2.75) is 38.8 Å². The van der Waals surface area contributed by atoms with E-state index in [-0.39, 0.29) is 30.4 Å². The van der Waals surface area contributed by atoms with Crippen LogP contribution in [0.25, 0.3) is 0 Å². The number of halogens is 1. The molecule has 2 heterocycles. The van der Waals surface area contributed by atoms with Crippen molar-refractivity contribution in [1.29, 1.82) is 0 Å². The molecule has 21 heavy (non-hydrogen) atoms. The smallest absolute Gasteiger partial charge is 0.250 e. The summed E-state index contributed by atoms with van der Waals surface area (Å²) in [5.41, 5.74) is -0.123. The van der Waals surface area contributed by atoms with Crippen molar-refractivity contribution in [2.75, 3.05) is 19.6 Å². The lowest BCUT2D eigenvalue weighted by Crippen LogP contribution is -2.48. The molecule has 0 atom stereocenters. The van der Waals surface area contributed by atoms with E-state index in [1.807, 2.05) is 4.90 Å². The number of carbonyl (C=O) groups excluding carboxylic acids is 1. The summed E-state index contributed by atoms with van der Waals surface area (Å²) in [6, 6.07) is 5.27. The van der Waals surface area contributed by atoms with Crippen molar-refractivity contribution < 1.29 is 4.79 Å². The summed E-state index contributed by atoms with van der Waals surface area (Å²) < 4.78 is 1.48. The van der Waals surface area contributed by atoms with Gasteiger partial charge in [-0.25, -0.2) is 0 Å². The maximum Gasteiger partial charge on any atom is 0.250 e. The van der Waals surface area contributed by atoms with Gasteiger partial charge in [0, 0.05) is 24.8 Å². The number of pyridine rings is 1. The third-order valence-corrected chi connectivity index (χ3v) is 3.74. The quantitative estimate of drug-likeness (QED) is 0.890. The maximum atomic E-state index is 12.5. The van der Waals surface area contributed by atoms with Crippen LogP contribution in [0.2, 0.25) is 0 Å². The highest BCUT2D eigenvalue weighted by Crippen LogP contribution is 2.13. The van der Waals surface area contributed by atoms with Gasteiger partial charge in [-0.1, -0.05) is 13.0 Å². The SMILES string of the molecule is CCCN(C(=O)Cn1ccccc1=O)C1CCNCC1.Cl. The first-order valence-electron chi connectivity index (χ1n) is 7.38. The molecule has 1 aromatic rings. The van der Waals surface area contributed by atoms with Gasteiger partial charge in [0.05, 0.1) is 0 Å². The number of hydrogen-bond acceptors (Lipinski definition) is 3. The fourth-order valence-electron chi connectivity index (χ4n) is 2.70. The van der Waals surface area contributed by atoms with E-state index in [0.29, 0.717) is 6.04 Å². The molecule has 0 unspecified atom stereocenters. The Bertz CT molecular complexity index is 498. The summed E-state index contributed by atoms with van der Waals surface area (Å²) in [5.74, 6) is 0.0482.